The average Bonchev–Trinajstić information content (AvgIpc) is 2.95. The zero-order valence-corrected chi connectivity index (χ0v) is 14.2. The van der Waals surface area contributed by atoms with Gasteiger partial charge < -0.3 is 10.3 Å². The minimum atomic E-state index is -0.203. The molecule has 1 amide bonds. The molecule has 3 rings (SSSR count). The van der Waals surface area contributed by atoms with Crippen LogP contribution in [0.1, 0.15) is 18.5 Å². The molecule has 1 aliphatic rings. The summed E-state index contributed by atoms with van der Waals surface area (Å²) in [4.78, 5) is 13.7. The Labute approximate surface area is 145 Å². The van der Waals surface area contributed by atoms with Gasteiger partial charge in [0, 0.05) is 30.0 Å². The van der Waals surface area contributed by atoms with E-state index in [2.05, 4.69) is 15.5 Å². The molecule has 0 radical (unpaired) electrons. The van der Waals surface area contributed by atoms with Gasteiger partial charge in [-0.15, -0.1) is 0 Å². The number of nitrogens with two attached hydrogens (primary N) is 1. The maximum absolute atomic E-state index is 11.4. The van der Waals surface area contributed by atoms with Gasteiger partial charge in [-0.05, 0) is 49.7 Å². The molecule has 23 heavy (non-hydrogen) atoms. The third kappa shape index (κ3) is 3.71. The molecule has 6 heteroatoms. The van der Waals surface area contributed by atoms with Gasteiger partial charge in [0.25, 0.3) is 0 Å². The highest BCUT2D eigenvalue weighted by Gasteiger charge is 2.24. The molecule has 1 aliphatic heterocycles. The Morgan fingerprint density at radius 1 is 1.30 bits per heavy atom. The first kappa shape index (κ1) is 16.4. The number of piperidine rings is 1. The quantitative estimate of drug-likeness (QED) is 0.916. The normalized spacial score (nSPS) is 19.0. The van der Waals surface area contributed by atoms with E-state index in [1.165, 1.54) is 0 Å². The summed E-state index contributed by atoms with van der Waals surface area (Å²) in [6.07, 6.45) is 3.87. The lowest BCUT2D eigenvalue weighted by molar-refractivity contribution is -0.123. The molecule has 1 aromatic heterocycles. The van der Waals surface area contributed by atoms with Crippen LogP contribution in [0, 0.1) is 5.92 Å². The minimum Gasteiger partial charge on any atom is -0.369 e. The largest absolute Gasteiger partial charge is 0.369 e. The molecule has 2 N–H and O–H groups in total. The second-order valence-corrected chi connectivity index (χ2v) is 6.79. The number of benzene rings is 1. The van der Waals surface area contributed by atoms with Crippen LogP contribution in [0.4, 0.5) is 0 Å². The zero-order valence-electron chi connectivity index (χ0n) is 12.7. The first-order valence-corrected chi connectivity index (χ1v) is 8.43. The highest BCUT2D eigenvalue weighted by molar-refractivity contribution is 6.35. The Morgan fingerprint density at radius 3 is 2.87 bits per heavy atom. The number of nitrogens with zero attached hydrogens (tertiary/aromatic N) is 2. The average molecular weight is 352 g/mol. The Balaban J connectivity index is 1.80. The lowest BCUT2D eigenvalue weighted by Crippen LogP contribution is -2.40. The molecule has 1 fully saturated rings. The fraction of sp³-hybridized carbons (Fsp3) is 0.353. The van der Waals surface area contributed by atoms with Crippen LogP contribution < -0.4 is 5.73 Å². The van der Waals surface area contributed by atoms with Crippen LogP contribution in [0.2, 0.25) is 10.0 Å². The van der Waals surface area contributed by atoms with Gasteiger partial charge in [-0.2, -0.15) is 0 Å². The number of hydrogen-bond donors (Lipinski definition) is 1. The predicted molar refractivity (Wildman–Crippen MR) is 93.0 cm³/mol. The number of likely N-dealkylation sites (tertiary alicyclic amines) is 1. The zero-order chi connectivity index (χ0) is 16.4. The van der Waals surface area contributed by atoms with Crippen molar-refractivity contribution in [2.24, 2.45) is 11.7 Å². The van der Waals surface area contributed by atoms with Crippen molar-refractivity contribution in [2.75, 3.05) is 13.1 Å². The van der Waals surface area contributed by atoms with Crippen molar-refractivity contribution in [3.8, 4) is 5.69 Å². The summed E-state index contributed by atoms with van der Waals surface area (Å²) < 4.78 is 2.06. The van der Waals surface area contributed by atoms with Gasteiger partial charge in [0.2, 0.25) is 5.91 Å². The Kier molecular flexibility index (Phi) is 4.95. The van der Waals surface area contributed by atoms with Crippen molar-refractivity contribution in [1.29, 1.82) is 0 Å². The van der Waals surface area contributed by atoms with Crippen molar-refractivity contribution in [2.45, 2.75) is 19.4 Å². The molecular weight excluding hydrogens is 333 g/mol. The van der Waals surface area contributed by atoms with E-state index in [4.69, 9.17) is 28.9 Å². The number of primary amides is 1. The number of rotatable bonds is 4. The number of carbonyl (C=O) groups is 1. The van der Waals surface area contributed by atoms with E-state index in [1.54, 1.807) is 6.07 Å². The molecule has 2 heterocycles. The molecule has 0 spiro atoms. The van der Waals surface area contributed by atoms with Gasteiger partial charge in [-0.25, -0.2) is 0 Å². The van der Waals surface area contributed by atoms with Crippen molar-refractivity contribution >= 4 is 29.1 Å². The standard InChI is InChI=1S/C17H19Cl2N3O/c18-13-5-6-16(15(19)9-13)22-8-2-4-14(22)11-21-7-1-3-12(10-21)17(20)23/h2,4-6,8-9,12H,1,3,7,10-11H2,(H2,20,23). The van der Waals surface area contributed by atoms with E-state index in [-0.39, 0.29) is 11.8 Å². The van der Waals surface area contributed by atoms with E-state index in [0.717, 1.165) is 43.9 Å². The SMILES string of the molecule is NC(=O)C1CCCN(Cc2cccn2-c2ccc(Cl)cc2Cl)C1. The van der Waals surface area contributed by atoms with Gasteiger partial charge >= 0.3 is 0 Å². The van der Waals surface area contributed by atoms with Crippen LogP contribution in [0.5, 0.6) is 0 Å². The predicted octanol–water partition coefficient (Wildman–Crippen LogP) is 3.48. The fourth-order valence-electron chi connectivity index (χ4n) is 3.12. The summed E-state index contributed by atoms with van der Waals surface area (Å²) in [5, 5.41) is 1.23. The highest BCUT2D eigenvalue weighted by atomic mass is 35.5. The van der Waals surface area contributed by atoms with E-state index >= 15 is 0 Å². The summed E-state index contributed by atoms with van der Waals surface area (Å²) in [5.41, 5.74) is 7.48. The van der Waals surface area contributed by atoms with E-state index < -0.39 is 0 Å². The van der Waals surface area contributed by atoms with Crippen LogP contribution in [0.15, 0.2) is 36.5 Å². The van der Waals surface area contributed by atoms with Crippen LogP contribution in [0.3, 0.4) is 0 Å². The Morgan fingerprint density at radius 2 is 2.13 bits per heavy atom. The molecule has 0 saturated carbocycles. The van der Waals surface area contributed by atoms with Crippen LogP contribution in [-0.4, -0.2) is 28.5 Å². The van der Waals surface area contributed by atoms with Gasteiger partial charge in [0.05, 0.1) is 16.6 Å². The molecule has 0 aliphatic carbocycles. The lowest BCUT2D eigenvalue weighted by atomic mass is 9.97. The Hall–Kier alpha value is -1.49. The van der Waals surface area contributed by atoms with Crippen LogP contribution in [0.25, 0.3) is 5.69 Å². The summed E-state index contributed by atoms with van der Waals surface area (Å²) in [5.74, 6) is -0.253. The summed E-state index contributed by atoms with van der Waals surface area (Å²) >= 11 is 12.3. The smallest absolute Gasteiger partial charge is 0.221 e. The number of aromatic nitrogens is 1. The molecule has 1 unspecified atom stereocenters. The maximum Gasteiger partial charge on any atom is 0.221 e. The topological polar surface area (TPSA) is 51.3 Å². The third-order valence-corrected chi connectivity index (χ3v) is 4.83. The molecule has 0 bridgehead atoms. The summed E-state index contributed by atoms with van der Waals surface area (Å²) in [7, 11) is 0. The second kappa shape index (κ2) is 6.95. The lowest BCUT2D eigenvalue weighted by Gasteiger charge is -2.31. The fourth-order valence-corrected chi connectivity index (χ4v) is 3.62. The minimum absolute atomic E-state index is 0.0497. The molecular formula is C17H19Cl2N3O. The van der Waals surface area contributed by atoms with Gasteiger partial charge in [0.1, 0.15) is 0 Å². The third-order valence-electron chi connectivity index (χ3n) is 4.30. The summed E-state index contributed by atoms with van der Waals surface area (Å²) in [6, 6.07) is 9.55. The number of hydrogen-bond acceptors (Lipinski definition) is 2. The highest BCUT2D eigenvalue weighted by Crippen LogP contribution is 2.27. The van der Waals surface area contributed by atoms with Crippen molar-refractivity contribution in [3.63, 3.8) is 0 Å². The first-order chi connectivity index (χ1) is 11.0. The summed E-state index contributed by atoms with van der Waals surface area (Å²) in [6.45, 7) is 2.45. The Bertz CT molecular complexity index is 714. The monoisotopic (exact) mass is 351 g/mol. The number of amides is 1. The molecule has 1 saturated heterocycles. The number of carbonyl (C=O) groups excluding carboxylic acids is 1. The van der Waals surface area contributed by atoms with Crippen molar-refractivity contribution < 1.29 is 4.79 Å². The molecule has 4 nitrogen and oxygen atoms in total. The first-order valence-electron chi connectivity index (χ1n) is 7.68. The van der Waals surface area contributed by atoms with E-state index in [9.17, 15) is 4.79 Å². The van der Waals surface area contributed by atoms with E-state index in [0.29, 0.717) is 10.0 Å². The number of halogens is 2. The van der Waals surface area contributed by atoms with Gasteiger partial charge in [-0.3, -0.25) is 9.69 Å². The molecule has 1 atom stereocenters. The molecule has 1 aromatic carbocycles. The molecule has 2 aromatic rings. The second-order valence-electron chi connectivity index (χ2n) is 5.94. The van der Waals surface area contributed by atoms with Crippen molar-refractivity contribution in [3.05, 3.63) is 52.3 Å². The van der Waals surface area contributed by atoms with Crippen molar-refractivity contribution in [1.82, 2.24) is 9.47 Å². The van der Waals surface area contributed by atoms with E-state index in [1.807, 2.05) is 24.4 Å². The maximum atomic E-state index is 11.4. The van der Waals surface area contributed by atoms with Crippen LogP contribution >= 0.6 is 23.2 Å². The molecule has 122 valence electrons. The van der Waals surface area contributed by atoms with Gasteiger partial charge in [0.15, 0.2) is 0 Å². The van der Waals surface area contributed by atoms with Gasteiger partial charge in [-0.1, -0.05) is 23.2 Å². The van der Waals surface area contributed by atoms with Crippen LogP contribution in [-0.2, 0) is 11.3 Å².